The molecule has 0 spiro atoms. The summed E-state index contributed by atoms with van der Waals surface area (Å²) in [5.74, 6) is -0.768. The predicted molar refractivity (Wildman–Crippen MR) is 140 cm³/mol. The average Bonchev–Trinajstić information content (AvgIpc) is 3.11. The van der Waals surface area contributed by atoms with Gasteiger partial charge in [-0.15, -0.1) is 0 Å². The number of aliphatic hydroxyl groups is 1. The van der Waals surface area contributed by atoms with Crippen molar-refractivity contribution >= 4 is 21.7 Å². The number of rotatable bonds is 4. The topological polar surface area (TPSA) is 86.6 Å². The van der Waals surface area contributed by atoms with Gasteiger partial charge in [0.1, 0.15) is 11.5 Å². The summed E-state index contributed by atoms with van der Waals surface area (Å²) in [5.41, 5.74) is 1.93. The number of sulfonamides is 1. The molecule has 5 nitrogen and oxygen atoms in total. The van der Waals surface area contributed by atoms with Gasteiger partial charge >= 0.3 is 6.18 Å². The molecular weight excluding hydrogens is 515 g/mol. The van der Waals surface area contributed by atoms with Crippen LogP contribution < -0.4 is 15.2 Å². The van der Waals surface area contributed by atoms with E-state index in [0.29, 0.717) is 17.2 Å². The normalized spacial score (nSPS) is 22.1. The molecule has 0 heterocycles. The third-order valence-corrected chi connectivity index (χ3v) is 8.04. The number of fused-ring (bicyclic) bond motifs is 2. The number of benzene rings is 1. The SMILES string of the molecule is O=S(=O)(NC1=CC(=c2c(O)ccc3c2=CC=CC3)C(O)=C2C=CC=CC12)C1=CC=C(CC(F)(F)F)CC=C1. The van der Waals surface area contributed by atoms with Crippen LogP contribution in [0.15, 0.2) is 106 Å². The monoisotopic (exact) mass is 539 g/mol. The minimum absolute atomic E-state index is 0.0179. The van der Waals surface area contributed by atoms with Crippen LogP contribution in [-0.2, 0) is 16.4 Å². The first-order valence-corrected chi connectivity index (χ1v) is 13.4. The minimum Gasteiger partial charge on any atom is -0.507 e. The second kappa shape index (κ2) is 9.72. The van der Waals surface area contributed by atoms with Crippen LogP contribution in [0.25, 0.3) is 11.6 Å². The number of aliphatic hydroxyl groups excluding tert-OH is 1. The molecule has 196 valence electrons. The molecule has 5 rings (SSSR count). The van der Waals surface area contributed by atoms with Crippen molar-refractivity contribution in [2.45, 2.75) is 25.4 Å². The maximum Gasteiger partial charge on any atom is 0.392 e. The highest BCUT2D eigenvalue weighted by atomic mass is 32.2. The van der Waals surface area contributed by atoms with Crippen LogP contribution in [0.4, 0.5) is 13.2 Å². The quantitative estimate of drug-likeness (QED) is 0.525. The molecule has 1 unspecified atom stereocenters. The Kier molecular flexibility index (Phi) is 6.56. The standard InChI is InChI=1S/C29H24F3NO4S/c30-29(31,32)17-18-6-5-8-20(14-12-18)38(36,37)33-25-16-24(28(35)23-11-4-3-10-22(23)25)27-21-9-2-1-7-19(21)13-15-26(27)34/h1-5,8-16,22,33-35H,6-7,17H2. The first-order valence-electron chi connectivity index (χ1n) is 11.9. The Morgan fingerprint density at radius 2 is 1.79 bits per heavy atom. The number of allylic oxidation sites excluding steroid dienone is 12. The highest BCUT2D eigenvalue weighted by Gasteiger charge is 2.31. The maximum atomic E-state index is 13.4. The number of phenolic OH excluding ortho intramolecular Hbond substituents is 1. The van der Waals surface area contributed by atoms with Crippen LogP contribution >= 0.6 is 0 Å². The van der Waals surface area contributed by atoms with Gasteiger partial charge in [0.2, 0.25) is 0 Å². The van der Waals surface area contributed by atoms with E-state index in [-0.39, 0.29) is 39.7 Å². The molecule has 1 aromatic rings. The molecule has 3 N–H and O–H groups in total. The third kappa shape index (κ3) is 5.06. The molecule has 1 atom stereocenters. The van der Waals surface area contributed by atoms with Crippen molar-refractivity contribution in [3.05, 3.63) is 122 Å². The first kappa shape index (κ1) is 25.7. The number of hydrogen-bond acceptors (Lipinski definition) is 4. The Morgan fingerprint density at radius 1 is 0.974 bits per heavy atom. The molecule has 9 heteroatoms. The van der Waals surface area contributed by atoms with E-state index >= 15 is 0 Å². The Labute approximate surface area is 217 Å². The largest absolute Gasteiger partial charge is 0.507 e. The van der Waals surface area contributed by atoms with E-state index < -0.39 is 28.5 Å². The molecule has 38 heavy (non-hydrogen) atoms. The van der Waals surface area contributed by atoms with Crippen molar-refractivity contribution in [3.8, 4) is 5.75 Å². The van der Waals surface area contributed by atoms with Gasteiger partial charge in [0.25, 0.3) is 10.0 Å². The van der Waals surface area contributed by atoms with Crippen molar-refractivity contribution in [3.63, 3.8) is 0 Å². The number of phenols is 1. The second-order valence-electron chi connectivity index (χ2n) is 9.27. The Morgan fingerprint density at radius 3 is 2.58 bits per heavy atom. The zero-order valence-corrected chi connectivity index (χ0v) is 20.9. The van der Waals surface area contributed by atoms with Gasteiger partial charge in [-0.25, -0.2) is 8.42 Å². The van der Waals surface area contributed by atoms with Crippen molar-refractivity contribution < 1.29 is 31.8 Å². The fourth-order valence-electron chi connectivity index (χ4n) is 4.89. The number of aromatic hydroxyl groups is 1. The lowest BCUT2D eigenvalue weighted by Gasteiger charge is -2.28. The van der Waals surface area contributed by atoms with E-state index in [4.69, 9.17) is 0 Å². The van der Waals surface area contributed by atoms with Gasteiger partial charge in [0, 0.05) is 28.0 Å². The molecule has 0 radical (unpaired) electrons. The number of halogens is 3. The Bertz CT molecular complexity index is 1680. The summed E-state index contributed by atoms with van der Waals surface area (Å²) in [5, 5.41) is 23.1. The van der Waals surface area contributed by atoms with Gasteiger partial charge in [0.15, 0.2) is 0 Å². The zero-order valence-electron chi connectivity index (χ0n) is 20.0. The van der Waals surface area contributed by atoms with Gasteiger partial charge in [-0.05, 0) is 47.9 Å². The molecule has 1 aromatic carbocycles. The molecule has 0 saturated heterocycles. The van der Waals surface area contributed by atoms with Crippen molar-refractivity contribution in [1.29, 1.82) is 0 Å². The molecule has 0 amide bonds. The van der Waals surface area contributed by atoms with Gasteiger partial charge in [-0.3, -0.25) is 4.72 Å². The summed E-state index contributed by atoms with van der Waals surface area (Å²) in [6, 6.07) is 3.34. The lowest BCUT2D eigenvalue weighted by Crippen LogP contribution is -2.35. The lowest BCUT2D eigenvalue weighted by atomic mass is 9.83. The van der Waals surface area contributed by atoms with Crippen molar-refractivity contribution in [2.24, 2.45) is 5.92 Å². The molecule has 0 bridgehead atoms. The van der Waals surface area contributed by atoms with Crippen molar-refractivity contribution in [2.75, 3.05) is 0 Å². The molecule has 0 aliphatic heterocycles. The van der Waals surface area contributed by atoms with Gasteiger partial charge in [0.05, 0.1) is 11.3 Å². The summed E-state index contributed by atoms with van der Waals surface area (Å²) in [4.78, 5) is -0.189. The molecular formula is C29H24F3NO4S. The van der Waals surface area contributed by atoms with Crippen molar-refractivity contribution in [1.82, 2.24) is 4.72 Å². The Balaban J connectivity index is 1.62. The average molecular weight is 540 g/mol. The van der Waals surface area contributed by atoms with Crippen LogP contribution in [-0.4, -0.2) is 24.8 Å². The lowest BCUT2D eigenvalue weighted by molar-refractivity contribution is -0.127. The zero-order chi connectivity index (χ0) is 27.1. The summed E-state index contributed by atoms with van der Waals surface area (Å²) in [6.07, 6.45) is 14.1. The smallest absolute Gasteiger partial charge is 0.392 e. The fourth-order valence-corrected chi connectivity index (χ4v) is 6.02. The number of hydrogen-bond donors (Lipinski definition) is 3. The van der Waals surface area contributed by atoms with Gasteiger partial charge in [-0.1, -0.05) is 66.3 Å². The summed E-state index contributed by atoms with van der Waals surface area (Å²) in [6.45, 7) is 0. The first-order chi connectivity index (χ1) is 18.0. The Hall–Kier alpha value is -3.98. The highest BCUT2D eigenvalue weighted by molar-refractivity contribution is 7.93. The van der Waals surface area contributed by atoms with E-state index in [1.807, 2.05) is 18.2 Å². The van der Waals surface area contributed by atoms with E-state index in [1.54, 1.807) is 36.4 Å². The van der Waals surface area contributed by atoms with E-state index in [2.05, 4.69) is 4.72 Å². The maximum absolute atomic E-state index is 13.4. The minimum atomic E-state index is -4.39. The molecule has 4 aliphatic rings. The van der Waals surface area contributed by atoms with Crippen LogP contribution in [0, 0.1) is 5.92 Å². The number of alkyl halides is 3. The van der Waals surface area contributed by atoms with Gasteiger partial charge < -0.3 is 10.2 Å². The highest BCUT2D eigenvalue weighted by Crippen LogP contribution is 2.36. The molecule has 0 aromatic heterocycles. The van der Waals surface area contributed by atoms with Gasteiger partial charge in [-0.2, -0.15) is 13.2 Å². The van der Waals surface area contributed by atoms with E-state index in [0.717, 1.165) is 16.9 Å². The van der Waals surface area contributed by atoms with Crippen LogP contribution in [0.2, 0.25) is 0 Å². The second-order valence-corrected chi connectivity index (χ2v) is 11.0. The predicted octanol–water partition coefficient (Wildman–Crippen LogP) is 4.53. The molecule has 0 saturated carbocycles. The molecule has 4 aliphatic carbocycles. The number of nitrogens with one attached hydrogen (secondary N) is 1. The summed E-state index contributed by atoms with van der Waals surface area (Å²) < 4.78 is 67.8. The van der Waals surface area contributed by atoms with E-state index in [1.165, 1.54) is 24.3 Å². The fraction of sp³-hybridized carbons (Fsp3) is 0.172. The summed E-state index contributed by atoms with van der Waals surface area (Å²) in [7, 11) is -4.20. The van der Waals surface area contributed by atoms with Crippen LogP contribution in [0.1, 0.15) is 18.4 Å². The van der Waals surface area contributed by atoms with Crippen LogP contribution in [0.3, 0.4) is 0 Å². The third-order valence-electron chi connectivity index (χ3n) is 6.64. The van der Waals surface area contributed by atoms with Crippen LogP contribution in [0.5, 0.6) is 5.75 Å². The summed E-state index contributed by atoms with van der Waals surface area (Å²) >= 11 is 0. The molecule has 0 fully saturated rings. The van der Waals surface area contributed by atoms with E-state index in [9.17, 15) is 31.8 Å².